The minimum absolute atomic E-state index is 1.00. The molecule has 0 aliphatic heterocycles. The fraction of sp³-hybridized carbons (Fsp3) is 0.375. The first-order valence-electron chi connectivity index (χ1n) is 3.30. The summed E-state index contributed by atoms with van der Waals surface area (Å²) in [7, 11) is 0. The number of aryl methyl sites for hydroxylation is 1. The monoisotopic (exact) mass is 152 g/mol. The van der Waals surface area contributed by atoms with Crippen molar-refractivity contribution in [3.05, 3.63) is 23.9 Å². The minimum Gasteiger partial charge on any atom is -0.249 e. The van der Waals surface area contributed by atoms with Gasteiger partial charge in [0.25, 0.3) is 0 Å². The van der Waals surface area contributed by atoms with E-state index in [1.807, 2.05) is 19.2 Å². The number of aromatic nitrogens is 1. The quantitative estimate of drug-likeness (QED) is 0.603. The van der Waals surface area contributed by atoms with Crippen molar-refractivity contribution in [2.75, 3.05) is 5.75 Å². The summed E-state index contributed by atoms with van der Waals surface area (Å²) in [6, 6.07) is 5.12. The SMILES string of the molecule is CCSc1[c]c(C)ccn1. The lowest BCUT2D eigenvalue weighted by Crippen LogP contribution is -1.81. The van der Waals surface area contributed by atoms with Crippen LogP contribution in [0.15, 0.2) is 17.3 Å². The van der Waals surface area contributed by atoms with Crippen LogP contribution in [0.4, 0.5) is 0 Å². The van der Waals surface area contributed by atoms with E-state index >= 15 is 0 Å². The molecule has 2 heteroatoms. The molecule has 0 aromatic carbocycles. The molecule has 0 unspecified atom stereocenters. The van der Waals surface area contributed by atoms with Crippen molar-refractivity contribution in [2.24, 2.45) is 0 Å². The van der Waals surface area contributed by atoms with Crippen molar-refractivity contribution >= 4 is 11.8 Å². The minimum atomic E-state index is 1.00. The first kappa shape index (κ1) is 7.61. The molecule has 1 aromatic rings. The van der Waals surface area contributed by atoms with Crippen LogP contribution < -0.4 is 0 Å². The Bertz CT molecular complexity index is 210. The summed E-state index contributed by atoms with van der Waals surface area (Å²) in [6.07, 6.45) is 1.82. The molecule has 0 amide bonds. The summed E-state index contributed by atoms with van der Waals surface area (Å²) in [6.45, 7) is 4.14. The lowest BCUT2D eigenvalue weighted by Gasteiger charge is -1.95. The third-order valence-electron chi connectivity index (χ3n) is 1.10. The van der Waals surface area contributed by atoms with E-state index in [-0.39, 0.29) is 0 Å². The Morgan fingerprint density at radius 2 is 2.50 bits per heavy atom. The largest absolute Gasteiger partial charge is 0.249 e. The van der Waals surface area contributed by atoms with Crippen molar-refractivity contribution in [1.29, 1.82) is 0 Å². The van der Waals surface area contributed by atoms with E-state index < -0.39 is 0 Å². The van der Waals surface area contributed by atoms with E-state index in [4.69, 9.17) is 0 Å². The van der Waals surface area contributed by atoms with Crippen molar-refractivity contribution in [3.8, 4) is 0 Å². The zero-order valence-electron chi connectivity index (χ0n) is 6.22. The van der Waals surface area contributed by atoms with E-state index in [1.165, 1.54) is 0 Å². The van der Waals surface area contributed by atoms with Crippen LogP contribution in [0, 0.1) is 13.0 Å². The van der Waals surface area contributed by atoms with E-state index in [9.17, 15) is 0 Å². The second-order valence-corrected chi connectivity index (χ2v) is 3.24. The Hall–Kier alpha value is -0.500. The van der Waals surface area contributed by atoms with E-state index in [0.29, 0.717) is 0 Å². The van der Waals surface area contributed by atoms with Gasteiger partial charge in [0.2, 0.25) is 0 Å². The van der Waals surface area contributed by atoms with Crippen LogP contribution in [0.2, 0.25) is 0 Å². The van der Waals surface area contributed by atoms with Crippen molar-refractivity contribution in [3.63, 3.8) is 0 Å². The van der Waals surface area contributed by atoms with Crippen LogP contribution in [0.1, 0.15) is 12.5 Å². The third kappa shape index (κ3) is 2.03. The molecule has 0 aliphatic carbocycles. The van der Waals surface area contributed by atoms with Crippen molar-refractivity contribution < 1.29 is 0 Å². The zero-order valence-corrected chi connectivity index (χ0v) is 7.03. The molecule has 1 heterocycles. The highest BCUT2D eigenvalue weighted by Gasteiger charge is 1.91. The summed E-state index contributed by atoms with van der Waals surface area (Å²) >= 11 is 1.72. The molecule has 0 fully saturated rings. The molecule has 1 radical (unpaired) electrons. The first-order chi connectivity index (χ1) is 4.83. The number of rotatable bonds is 2. The number of pyridine rings is 1. The maximum atomic E-state index is 4.14. The van der Waals surface area contributed by atoms with Gasteiger partial charge < -0.3 is 0 Å². The van der Waals surface area contributed by atoms with E-state index in [2.05, 4.69) is 18.0 Å². The normalized spacial score (nSPS) is 9.80. The smallest absolute Gasteiger partial charge is 0.104 e. The van der Waals surface area contributed by atoms with Gasteiger partial charge in [-0.1, -0.05) is 6.92 Å². The highest BCUT2D eigenvalue weighted by atomic mass is 32.2. The number of hydrogen-bond donors (Lipinski definition) is 0. The Labute approximate surface area is 65.9 Å². The highest BCUT2D eigenvalue weighted by molar-refractivity contribution is 7.99. The summed E-state index contributed by atoms with van der Waals surface area (Å²) < 4.78 is 0. The maximum absolute atomic E-state index is 4.14. The Kier molecular flexibility index (Phi) is 2.75. The molecule has 1 nitrogen and oxygen atoms in total. The predicted octanol–water partition coefficient (Wildman–Crippen LogP) is 2.30. The predicted molar refractivity (Wildman–Crippen MR) is 44.2 cm³/mol. The summed E-state index contributed by atoms with van der Waals surface area (Å²) in [4.78, 5) is 4.14. The summed E-state index contributed by atoms with van der Waals surface area (Å²) in [5.41, 5.74) is 1.16. The molecular formula is C8H10NS. The molecule has 0 bridgehead atoms. The van der Waals surface area contributed by atoms with Gasteiger partial charge in [-0.15, -0.1) is 11.8 Å². The van der Waals surface area contributed by atoms with Crippen LogP contribution in [0.25, 0.3) is 0 Å². The number of nitrogens with zero attached hydrogens (tertiary/aromatic N) is 1. The average Bonchev–Trinajstić information content (AvgIpc) is 1.88. The van der Waals surface area contributed by atoms with Gasteiger partial charge >= 0.3 is 0 Å². The Morgan fingerprint density at radius 3 is 3.10 bits per heavy atom. The van der Waals surface area contributed by atoms with Gasteiger partial charge in [0.05, 0.1) is 0 Å². The lowest BCUT2D eigenvalue weighted by atomic mass is 10.3. The van der Waals surface area contributed by atoms with Crippen LogP contribution in [-0.4, -0.2) is 10.7 Å². The maximum Gasteiger partial charge on any atom is 0.104 e. The van der Waals surface area contributed by atoms with Crippen LogP contribution >= 0.6 is 11.8 Å². The molecule has 0 atom stereocenters. The topological polar surface area (TPSA) is 12.9 Å². The molecule has 53 valence electrons. The molecule has 1 aromatic heterocycles. The Balaban J connectivity index is 2.75. The number of hydrogen-bond acceptors (Lipinski definition) is 2. The van der Waals surface area contributed by atoms with Gasteiger partial charge in [-0.25, -0.2) is 4.98 Å². The average molecular weight is 152 g/mol. The van der Waals surface area contributed by atoms with Gasteiger partial charge in [0.15, 0.2) is 0 Å². The molecular weight excluding hydrogens is 142 g/mol. The number of thioether (sulfide) groups is 1. The van der Waals surface area contributed by atoms with Gasteiger partial charge in [0.1, 0.15) is 5.03 Å². The molecule has 1 rings (SSSR count). The van der Waals surface area contributed by atoms with Gasteiger partial charge in [-0.2, -0.15) is 0 Å². The summed E-state index contributed by atoms with van der Waals surface area (Å²) in [5, 5.41) is 1.00. The van der Waals surface area contributed by atoms with Crippen molar-refractivity contribution in [2.45, 2.75) is 18.9 Å². The molecule has 10 heavy (non-hydrogen) atoms. The lowest BCUT2D eigenvalue weighted by molar-refractivity contribution is 1.10. The highest BCUT2D eigenvalue weighted by Crippen LogP contribution is 2.13. The first-order valence-corrected chi connectivity index (χ1v) is 4.29. The van der Waals surface area contributed by atoms with Crippen molar-refractivity contribution in [1.82, 2.24) is 4.98 Å². The van der Waals surface area contributed by atoms with Gasteiger partial charge in [-0.05, 0) is 24.3 Å². The Morgan fingerprint density at radius 1 is 1.70 bits per heavy atom. The second-order valence-electron chi connectivity index (χ2n) is 1.99. The van der Waals surface area contributed by atoms with Gasteiger partial charge in [-0.3, -0.25) is 0 Å². The van der Waals surface area contributed by atoms with E-state index in [1.54, 1.807) is 11.8 Å². The third-order valence-corrected chi connectivity index (χ3v) is 1.87. The second kappa shape index (κ2) is 3.62. The van der Waals surface area contributed by atoms with Crippen LogP contribution in [0.5, 0.6) is 0 Å². The van der Waals surface area contributed by atoms with Crippen LogP contribution in [-0.2, 0) is 0 Å². The molecule has 0 N–H and O–H groups in total. The van der Waals surface area contributed by atoms with Crippen LogP contribution in [0.3, 0.4) is 0 Å². The molecule has 0 aliphatic rings. The van der Waals surface area contributed by atoms with E-state index in [0.717, 1.165) is 16.3 Å². The molecule has 0 spiro atoms. The fourth-order valence-electron chi connectivity index (χ4n) is 0.669. The standard InChI is InChI=1S/C8H10NS/c1-3-10-8-6-7(2)4-5-9-8/h4-5H,3H2,1-2H3. The fourth-order valence-corrected chi connectivity index (χ4v) is 1.31. The molecule has 0 saturated carbocycles. The zero-order chi connectivity index (χ0) is 7.40. The molecule has 0 saturated heterocycles. The van der Waals surface area contributed by atoms with Gasteiger partial charge in [0, 0.05) is 12.3 Å². The summed E-state index contributed by atoms with van der Waals surface area (Å²) in [5.74, 6) is 1.06.